The first-order chi connectivity index (χ1) is 9.98. The summed E-state index contributed by atoms with van der Waals surface area (Å²) in [6, 6.07) is 6.32. The highest BCUT2D eigenvalue weighted by atomic mass is 19.1. The Balaban J connectivity index is 1.75. The van der Waals surface area contributed by atoms with Crippen LogP contribution in [0.15, 0.2) is 24.3 Å². The highest BCUT2D eigenvalue weighted by Gasteiger charge is 2.32. The minimum Gasteiger partial charge on any atom is -0.356 e. The fourth-order valence-electron chi connectivity index (χ4n) is 2.55. The van der Waals surface area contributed by atoms with Gasteiger partial charge in [-0.2, -0.15) is 0 Å². The predicted molar refractivity (Wildman–Crippen MR) is 77.2 cm³/mol. The van der Waals surface area contributed by atoms with Crippen molar-refractivity contribution in [3.05, 3.63) is 35.6 Å². The van der Waals surface area contributed by atoms with Crippen LogP contribution in [0.5, 0.6) is 0 Å². The van der Waals surface area contributed by atoms with E-state index in [0.717, 1.165) is 0 Å². The summed E-state index contributed by atoms with van der Waals surface area (Å²) in [6.45, 7) is 5.69. The van der Waals surface area contributed by atoms with E-state index >= 15 is 0 Å². The van der Waals surface area contributed by atoms with Crippen LogP contribution < -0.4 is 5.32 Å². The molecule has 0 aliphatic carbocycles. The van der Waals surface area contributed by atoms with Gasteiger partial charge in [-0.05, 0) is 24.5 Å². The third kappa shape index (κ3) is 4.79. The van der Waals surface area contributed by atoms with E-state index in [1.165, 1.54) is 6.07 Å². The lowest BCUT2D eigenvalue weighted by Gasteiger charge is -2.26. The van der Waals surface area contributed by atoms with Gasteiger partial charge in [-0.15, -0.1) is 0 Å². The number of hydrogen-bond acceptors (Lipinski definition) is 3. The van der Waals surface area contributed by atoms with Crippen LogP contribution in [0.3, 0.4) is 0 Å². The van der Waals surface area contributed by atoms with Gasteiger partial charge in [-0.25, -0.2) is 4.39 Å². The fraction of sp³-hybridized carbons (Fsp3) is 0.562. The summed E-state index contributed by atoms with van der Waals surface area (Å²) in [7, 11) is 0. The van der Waals surface area contributed by atoms with E-state index in [1.54, 1.807) is 18.2 Å². The van der Waals surface area contributed by atoms with Gasteiger partial charge in [-0.3, -0.25) is 4.79 Å². The lowest BCUT2D eigenvalue weighted by atomic mass is 10.0. The maximum atomic E-state index is 13.5. The van der Waals surface area contributed by atoms with Crippen LogP contribution in [0.4, 0.5) is 4.39 Å². The smallest absolute Gasteiger partial charge is 0.224 e. The van der Waals surface area contributed by atoms with Crippen molar-refractivity contribution in [2.24, 2.45) is 5.92 Å². The second kappa shape index (κ2) is 7.00. The Labute approximate surface area is 124 Å². The molecule has 1 aromatic carbocycles. The van der Waals surface area contributed by atoms with Gasteiger partial charge >= 0.3 is 0 Å². The van der Waals surface area contributed by atoms with Gasteiger partial charge in [0.05, 0.1) is 19.6 Å². The van der Waals surface area contributed by atoms with E-state index in [9.17, 15) is 9.18 Å². The number of nitrogens with one attached hydrogen (secondary N) is 1. The molecule has 5 heteroatoms. The second-order valence-corrected chi connectivity index (χ2v) is 5.71. The summed E-state index contributed by atoms with van der Waals surface area (Å²) in [4.78, 5) is 11.8. The number of ether oxygens (including phenoxy) is 2. The van der Waals surface area contributed by atoms with E-state index in [1.807, 2.05) is 13.8 Å². The quantitative estimate of drug-likeness (QED) is 0.876. The second-order valence-electron chi connectivity index (χ2n) is 5.71. The molecule has 0 unspecified atom stereocenters. The molecule has 1 N–H and O–H groups in total. The van der Waals surface area contributed by atoms with Crippen molar-refractivity contribution < 1.29 is 18.7 Å². The number of halogens is 1. The number of rotatable bonds is 6. The summed E-state index contributed by atoms with van der Waals surface area (Å²) in [6.07, 6.45) is 0.774. The Morgan fingerprint density at radius 3 is 2.71 bits per heavy atom. The van der Waals surface area contributed by atoms with Gasteiger partial charge in [0.1, 0.15) is 5.82 Å². The molecular weight excluding hydrogens is 273 g/mol. The third-order valence-electron chi connectivity index (χ3n) is 3.57. The van der Waals surface area contributed by atoms with Gasteiger partial charge in [0.2, 0.25) is 5.91 Å². The fourth-order valence-corrected chi connectivity index (χ4v) is 2.55. The molecule has 0 aromatic heterocycles. The van der Waals surface area contributed by atoms with Gasteiger partial charge in [0.25, 0.3) is 0 Å². The summed E-state index contributed by atoms with van der Waals surface area (Å²) in [5.41, 5.74) is 0.414. The number of hydrogen-bond donors (Lipinski definition) is 1. The predicted octanol–water partition coefficient (Wildman–Crippen LogP) is 2.27. The molecular formula is C16H22FNO3. The standard InChI is InChI=1S/C16H22FNO3/c1-12(10-16(2)20-7-8-21-16)11-18-15(19)9-13-5-3-4-6-14(13)17/h3-6,12H,7-11H2,1-2H3,(H,18,19)/t12-/m1/s1. The van der Waals surface area contributed by atoms with Gasteiger partial charge in [-0.1, -0.05) is 25.1 Å². The molecule has 21 heavy (non-hydrogen) atoms. The van der Waals surface area contributed by atoms with E-state index in [4.69, 9.17) is 9.47 Å². The summed E-state index contributed by atoms with van der Waals surface area (Å²) < 4.78 is 24.5. The van der Waals surface area contributed by atoms with Gasteiger partial charge in [0.15, 0.2) is 5.79 Å². The average molecular weight is 295 g/mol. The SMILES string of the molecule is C[C@@H](CNC(=O)Cc1ccccc1F)CC1(C)OCCO1. The number of carbonyl (C=O) groups excluding carboxylic acids is 1. The maximum absolute atomic E-state index is 13.5. The average Bonchev–Trinajstić information content (AvgIpc) is 2.85. The molecule has 2 rings (SSSR count). The molecule has 0 spiro atoms. The molecule has 1 atom stereocenters. The largest absolute Gasteiger partial charge is 0.356 e. The van der Waals surface area contributed by atoms with Crippen molar-refractivity contribution in [1.29, 1.82) is 0 Å². The van der Waals surface area contributed by atoms with Crippen molar-refractivity contribution >= 4 is 5.91 Å². The maximum Gasteiger partial charge on any atom is 0.224 e. The molecule has 0 saturated carbocycles. The van der Waals surface area contributed by atoms with Crippen LogP contribution >= 0.6 is 0 Å². The summed E-state index contributed by atoms with van der Waals surface area (Å²) in [5.74, 6) is -0.848. The highest BCUT2D eigenvalue weighted by Crippen LogP contribution is 2.26. The molecule has 1 saturated heterocycles. The first kappa shape index (κ1) is 15.9. The number of amides is 1. The van der Waals surface area contributed by atoms with Crippen LogP contribution in [-0.2, 0) is 20.7 Å². The Bertz CT molecular complexity index is 486. The van der Waals surface area contributed by atoms with E-state index in [-0.39, 0.29) is 24.1 Å². The normalized spacial score (nSPS) is 18.4. The van der Waals surface area contributed by atoms with Crippen LogP contribution in [0, 0.1) is 11.7 Å². The van der Waals surface area contributed by atoms with Gasteiger partial charge in [0, 0.05) is 13.0 Å². The molecule has 1 fully saturated rings. The summed E-state index contributed by atoms with van der Waals surface area (Å²) >= 11 is 0. The zero-order valence-corrected chi connectivity index (χ0v) is 12.5. The molecule has 0 bridgehead atoms. The van der Waals surface area contributed by atoms with Crippen molar-refractivity contribution in [2.75, 3.05) is 19.8 Å². The van der Waals surface area contributed by atoms with Crippen LogP contribution in [0.25, 0.3) is 0 Å². The van der Waals surface area contributed by atoms with Crippen LogP contribution in [0.1, 0.15) is 25.8 Å². The molecule has 1 aliphatic heterocycles. The topological polar surface area (TPSA) is 47.6 Å². The highest BCUT2D eigenvalue weighted by molar-refractivity contribution is 5.78. The van der Waals surface area contributed by atoms with Crippen molar-refractivity contribution in [3.63, 3.8) is 0 Å². The molecule has 1 aromatic rings. The minimum atomic E-state index is -0.546. The van der Waals surface area contributed by atoms with E-state index in [0.29, 0.717) is 31.7 Å². The van der Waals surface area contributed by atoms with Gasteiger partial charge < -0.3 is 14.8 Å². The molecule has 0 radical (unpaired) electrons. The number of carbonyl (C=O) groups is 1. The monoisotopic (exact) mass is 295 g/mol. The lowest BCUT2D eigenvalue weighted by molar-refractivity contribution is -0.154. The minimum absolute atomic E-state index is 0.0592. The third-order valence-corrected chi connectivity index (χ3v) is 3.57. The molecule has 4 nitrogen and oxygen atoms in total. The Morgan fingerprint density at radius 1 is 1.38 bits per heavy atom. The first-order valence-corrected chi connectivity index (χ1v) is 7.26. The number of benzene rings is 1. The van der Waals surface area contributed by atoms with Crippen LogP contribution in [-0.4, -0.2) is 31.5 Å². The molecule has 1 heterocycles. The molecule has 1 aliphatic rings. The molecule has 116 valence electrons. The Kier molecular flexibility index (Phi) is 5.31. The first-order valence-electron chi connectivity index (χ1n) is 7.26. The van der Waals surface area contributed by atoms with Crippen molar-refractivity contribution in [1.82, 2.24) is 5.32 Å². The zero-order chi connectivity index (χ0) is 15.3. The van der Waals surface area contributed by atoms with Crippen molar-refractivity contribution in [2.45, 2.75) is 32.5 Å². The Hall–Kier alpha value is -1.46. The molecule has 1 amide bonds. The Morgan fingerprint density at radius 2 is 2.05 bits per heavy atom. The van der Waals surface area contributed by atoms with Crippen molar-refractivity contribution in [3.8, 4) is 0 Å². The summed E-state index contributed by atoms with van der Waals surface area (Å²) in [5, 5.41) is 2.83. The van der Waals surface area contributed by atoms with E-state index in [2.05, 4.69) is 5.32 Å². The van der Waals surface area contributed by atoms with E-state index < -0.39 is 5.79 Å². The zero-order valence-electron chi connectivity index (χ0n) is 12.5. The van der Waals surface area contributed by atoms with Crippen LogP contribution in [0.2, 0.25) is 0 Å². The lowest BCUT2D eigenvalue weighted by Crippen LogP contribution is -2.35.